The Hall–Kier alpha value is -2.36. The van der Waals surface area contributed by atoms with Gasteiger partial charge in [0.05, 0.1) is 17.7 Å². The van der Waals surface area contributed by atoms with Gasteiger partial charge < -0.3 is 21.3 Å². The van der Waals surface area contributed by atoms with Gasteiger partial charge in [-0.1, -0.05) is 6.07 Å². The third-order valence-electron chi connectivity index (χ3n) is 2.86. The molecule has 0 heterocycles. The largest absolute Gasteiger partial charge is 0.699 e. The fourth-order valence-corrected chi connectivity index (χ4v) is 1.75. The summed E-state index contributed by atoms with van der Waals surface area (Å²) in [5.74, 6) is 6.34. The molecule has 1 radical (unpaired) electrons. The molecule has 9 nitrogen and oxygen atoms in total. The summed E-state index contributed by atoms with van der Waals surface area (Å²) in [6.45, 7) is 1.74. The number of nitrogens with zero attached hydrogens (tertiary/aromatic N) is 2. The Morgan fingerprint density at radius 3 is 2.35 bits per heavy atom. The quantitative estimate of drug-likeness (QED) is 0.379. The van der Waals surface area contributed by atoms with Crippen molar-refractivity contribution in [1.82, 2.24) is 0 Å². The number of methoxy groups -OCH3 is 1. The first-order chi connectivity index (χ1) is 11.7. The molecule has 0 aliphatic rings. The standard InChI is InChI=1S/C10H15N4O.C6H5NO3.Y/c1-7(11)6-14(13)9-4-3-8(12)5-10(9)15-2;8-6-3-1-5(2-4-6)7(9)10;/h3-6,12H,11,13H2,1-2H3;1-4,8H;/q-1;;/b7-6-;;. The topological polar surface area (TPSA) is 152 Å². The van der Waals surface area contributed by atoms with E-state index in [1.807, 2.05) is 0 Å². The Bertz CT molecular complexity index is 749. The van der Waals surface area contributed by atoms with Gasteiger partial charge in [0.2, 0.25) is 0 Å². The van der Waals surface area contributed by atoms with E-state index in [2.05, 4.69) is 0 Å². The maximum Gasteiger partial charge on any atom is 0.269 e. The Morgan fingerprint density at radius 1 is 1.31 bits per heavy atom. The number of nitrogens with one attached hydrogen (secondary N) is 1. The van der Waals surface area contributed by atoms with Gasteiger partial charge in [-0.05, 0) is 31.2 Å². The fourth-order valence-electron chi connectivity index (χ4n) is 1.75. The number of nitro benzene ring substituents is 1. The zero-order chi connectivity index (χ0) is 19.0. The Balaban J connectivity index is 0.000000497. The van der Waals surface area contributed by atoms with Crippen molar-refractivity contribution >= 4 is 17.1 Å². The molecule has 137 valence electrons. The van der Waals surface area contributed by atoms with Gasteiger partial charge in [-0.25, -0.2) is 5.84 Å². The molecule has 0 aliphatic heterocycles. The molecule has 0 fully saturated rings. The Labute approximate surface area is 176 Å². The predicted molar refractivity (Wildman–Crippen MR) is 96.3 cm³/mol. The molecule has 0 bridgehead atoms. The third-order valence-corrected chi connectivity index (χ3v) is 2.86. The first-order valence-corrected chi connectivity index (χ1v) is 7.05. The van der Waals surface area contributed by atoms with Crippen LogP contribution in [0.15, 0.2) is 54.4 Å². The minimum Gasteiger partial charge on any atom is -0.699 e. The van der Waals surface area contributed by atoms with Crippen LogP contribution in [-0.2, 0) is 32.7 Å². The summed E-state index contributed by atoms with van der Waals surface area (Å²) >= 11 is 0. The van der Waals surface area contributed by atoms with Gasteiger partial charge in [0.1, 0.15) is 11.5 Å². The monoisotopic (exact) mass is 435 g/mol. The number of nitrogens with two attached hydrogens (primary N) is 2. The van der Waals surface area contributed by atoms with Crippen LogP contribution in [-0.4, -0.2) is 17.1 Å². The number of benzene rings is 2. The number of rotatable bonds is 4. The van der Waals surface area contributed by atoms with Crippen molar-refractivity contribution in [3.63, 3.8) is 0 Å². The van der Waals surface area contributed by atoms with Crippen LogP contribution in [0, 0.1) is 10.1 Å². The van der Waals surface area contributed by atoms with Gasteiger partial charge in [0, 0.05) is 56.7 Å². The first-order valence-electron chi connectivity index (χ1n) is 7.05. The van der Waals surface area contributed by atoms with Gasteiger partial charge in [-0.3, -0.25) is 15.1 Å². The number of non-ortho nitro benzene ring substituents is 1. The van der Waals surface area contributed by atoms with Crippen molar-refractivity contribution in [3.8, 4) is 11.5 Å². The van der Waals surface area contributed by atoms with E-state index < -0.39 is 4.92 Å². The fraction of sp³-hybridized carbons (Fsp3) is 0.125. The van der Waals surface area contributed by atoms with Gasteiger partial charge >= 0.3 is 0 Å². The second-order valence-electron chi connectivity index (χ2n) is 4.94. The van der Waals surface area contributed by atoms with Crippen molar-refractivity contribution < 1.29 is 47.5 Å². The molecule has 10 heteroatoms. The maximum atomic E-state index is 10.0. The van der Waals surface area contributed by atoms with E-state index in [1.165, 1.54) is 36.4 Å². The molecule has 0 saturated heterocycles. The molecule has 0 unspecified atom stereocenters. The number of anilines is 1. The van der Waals surface area contributed by atoms with Crippen molar-refractivity contribution in [2.45, 2.75) is 6.92 Å². The van der Waals surface area contributed by atoms with Gasteiger partial charge in [-0.15, -0.1) is 5.69 Å². The van der Waals surface area contributed by atoms with Crippen molar-refractivity contribution in [2.24, 2.45) is 11.6 Å². The minimum atomic E-state index is -0.514. The number of ether oxygens (including phenoxy) is 1. The second-order valence-corrected chi connectivity index (χ2v) is 4.94. The molecular weight excluding hydrogens is 415 g/mol. The summed E-state index contributed by atoms with van der Waals surface area (Å²) in [5.41, 5.74) is 14.6. The van der Waals surface area contributed by atoms with E-state index in [0.717, 1.165) is 0 Å². The van der Waals surface area contributed by atoms with Gasteiger partial charge in [0.25, 0.3) is 5.69 Å². The summed E-state index contributed by atoms with van der Waals surface area (Å²) in [6, 6.07) is 9.98. The molecular formula is C16H20N5O4Y-. The number of hydrogen-bond donors (Lipinski definition) is 3. The summed E-state index contributed by atoms with van der Waals surface area (Å²) in [7, 11) is 1.53. The van der Waals surface area contributed by atoms with Crippen LogP contribution in [0.4, 0.5) is 17.1 Å². The molecule has 0 saturated carbocycles. The molecule has 0 atom stereocenters. The van der Waals surface area contributed by atoms with Crippen LogP contribution in [0.1, 0.15) is 6.92 Å². The zero-order valence-corrected chi connectivity index (χ0v) is 17.3. The molecule has 0 aliphatic carbocycles. The van der Waals surface area contributed by atoms with E-state index in [9.17, 15) is 10.1 Å². The maximum absolute atomic E-state index is 10.0. The smallest absolute Gasteiger partial charge is 0.269 e. The van der Waals surface area contributed by atoms with Crippen molar-refractivity contribution in [2.75, 3.05) is 12.1 Å². The molecule has 26 heavy (non-hydrogen) atoms. The summed E-state index contributed by atoms with van der Waals surface area (Å²) < 4.78 is 5.12. The minimum absolute atomic E-state index is 0. The van der Waals surface area contributed by atoms with Crippen molar-refractivity contribution in [3.05, 3.63) is 70.2 Å². The van der Waals surface area contributed by atoms with E-state index >= 15 is 0 Å². The summed E-state index contributed by atoms with van der Waals surface area (Å²) in [5, 5.41) is 20.1. The average molecular weight is 435 g/mol. The zero-order valence-electron chi connectivity index (χ0n) is 14.4. The molecule has 0 aromatic heterocycles. The molecule has 0 amide bonds. The molecule has 2 aromatic rings. The molecule has 2 rings (SSSR count). The number of phenolic OH excluding ortho intramolecular Hbond substituents is 1. The number of hydrazine groups is 1. The van der Waals surface area contributed by atoms with E-state index in [-0.39, 0.29) is 44.1 Å². The van der Waals surface area contributed by atoms with E-state index in [4.69, 9.17) is 27.2 Å². The molecule has 6 N–H and O–H groups in total. The predicted octanol–water partition coefficient (Wildman–Crippen LogP) is 3.18. The second kappa shape index (κ2) is 11.3. The van der Waals surface area contributed by atoms with Crippen LogP contribution in [0.2, 0.25) is 0 Å². The van der Waals surface area contributed by atoms with Crippen LogP contribution in [0.25, 0.3) is 5.73 Å². The number of allylic oxidation sites excluding steroid dienone is 1. The van der Waals surface area contributed by atoms with Crippen molar-refractivity contribution in [1.29, 1.82) is 0 Å². The Kier molecular flexibility index (Phi) is 10.3. The van der Waals surface area contributed by atoms with Crippen LogP contribution < -0.4 is 21.3 Å². The summed E-state index contributed by atoms with van der Waals surface area (Å²) in [6.07, 6.45) is 1.58. The molecule has 2 aromatic carbocycles. The van der Waals surface area contributed by atoms with E-state index in [0.29, 0.717) is 22.8 Å². The number of hydrogen-bond acceptors (Lipinski definition) is 7. The van der Waals surface area contributed by atoms with Crippen LogP contribution in [0.5, 0.6) is 11.5 Å². The van der Waals surface area contributed by atoms with Gasteiger partial charge in [0.15, 0.2) is 0 Å². The normalized spacial score (nSPS) is 10.0. The van der Waals surface area contributed by atoms with E-state index in [1.54, 1.807) is 31.3 Å². The summed E-state index contributed by atoms with van der Waals surface area (Å²) in [4.78, 5) is 9.52. The number of aromatic hydroxyl groups is 1. The van der Waals surface area contributed by atoms with Gasteiger partial charge in [-0.2, -0.15) is 0 Å². The average Bonchev–Trinajstić information content (AvgIpc) is 2.55. The third kappa shape index (κ3) is 7.69. The van der Waals surface area contributed by atoms with Crippen LogP contribution >= 0.6 is 0 Å². The number of phenols is 1. The molecule has 0 spiro atoms. The Morgan fingerprint density at radius 2 is 1.88 bits per heavy atom. The SMILES string of the molecule is COc1cc([NH-])ccc1N(N)/C=C(/C)N.O=[N+]([O-])c1ccc(O)cc1.[Y]. The number of nitro groups is 1. The van der Waals surface area contributed by atoms with Crippen LogP contribution in [0.3, 0.4) is 0 Å². The first kappa shape index (κ1) is 23.6.